The molecule has 0 bridgehead atoms. The van der Waals surface area contributed by atoms with E-state index in [1.54, 1.807) is 0 Å². The summed E-state index contributed by atoms with van der Waals surface area (Å²) in [6.45, 7) is 3.89. The number of hydrogen-bond acceptors (Lipinski definition) is 2. The zero-order valence-corrected chi connectivity index (χ0v) is 8.29. The molecule has 1 amide bonds. The Balaban J connectivity index is 2.26. The van der Waals surface area contributed by atoms with E-state index in [1.807, 2.05) is 18.9 Å². The molecule has 1 atom stereocenters. The molecule has 2 fully saturated rings. The number of allylic oxidation sites excluding steroid dienone is 1. The molecule has 2 rings (SSSR count). The summed E-state index contributed by atoms with van der Waals surface area (Å²) in [5.41, 5.74) is 1.31. The van der Waals surface area contributed by atoms with E-state index in [0.29, 0.717) is 5.91 Å². The van der Waals surface area contributed by atoms with Gasteiger partial charge in [0.1, 0.15) is 6.04 Å². The molecule has 0 spiro atoms. The van der Waals surface area contributed by atoms with Crippen molar-refractivity contribution in [2.75, 3.05) is 20.1 Å². The van der Waals surface area contributed by atoms with Crippen molar-refractivity contribution in [3.05, 3.63) is 11.8 Å². The first-order chi connectivity index (χ1) is 6.24. The van der Waals surface area contributed by atoms with Crippen LogP contribution in [-0.2, 0) is 4.79 Å². The predicted molar refractivity (Wildman–Crippen MR) is 51.1 cm³/mol. The number of piperazine rings is 1. The van der Waals surface area contributed by atoms with E-state index in [0.717, 1.165) is 25.9 Å². The zero-order chi connectivity index (χ0) is 9.42. The Hall–Kier alpha value is -0.990. The SMILES string of the molecule is C/C=C1/CN(C)C(=O)C2CCCN12. The Morgan fingerprint density at radius 3 is 3.00 bits per heavy atom. The number of likely N-dealkylation sites (N-methyl/N-ethyl adjacent to an activating group) is 1. The third-order valence-electron chi connectivity index (χ3n) is 3.02. The van der Waals surface area contributed by atoms with E-state index in [4.69, 9.17) is 0 Å². The van der Waals surface area contributed by atoms with Gasteiger partial charge < -0.3 is 9.80 Å². The van der Waals surface area contributed by atoms with Gasteiger partial charge in [0.15, 0.2) is 0 Å². The quantitative estimate of drug-likeness (QED) is 0.551. The third kappa shape index (κ3) is 1.23. The van der Waals surface area contributed by atoms with Gasteiger partial charge in [-0.05, 0) is 19.8 Å². The van der Waals surface area contributed by atoms with Crippen LogP contribution >= 0.6 is 0 Å². The average molecular weight is 180 g/mol. The van der Waals surface area contributed by atoms with Gasteiger partial charge >= 0.3 is 0 Å². The molecular formula is C10H16N2O. The molecule has 2 aliphatic heterocycles. The molecule has 0 aromatic rings. The Morgan fingerprint density at radius 2 is 2.31 bits per heavy atom. The Morgan fingerprint density at radius 1 is 1.54 bits per heavy atom. The molecular weight excluding hydrogens is 164 g/mol. The van der Waals surface area contributed by atoms with Crippen molar-refractivity contribution >= 4 is 5.91 Å². The monoisotopic (exact) mass is 180 g/mol. The topological polar surface area (TPSA) is 23.6 Å². The molecule has 0 saturated carbocycles. The van der Waals surface area contributed by atoms with Crippen LogP contribution in [0, 0.1) is 0 Å². The summed E-state index contributed by atoms with van der Waals surface area (Å²) in [5, 5.41) is 0. The number of rotatable bonds is 0. The molecule has 1 unspecified atom stereocenters. The largest absolute Gasteiger partial charge is 0.362 e. The highest BCUT2D eigenvalue weighted by atomic mass is 16.2. The Labute approximate surface area is 79.0 Å². The van der Waals surface area contributed by atoms with Crippen molar-refractivity contribution in [3.63, 3.8) is 0 Å². The second-order valence-corrected chi connectivity index (χ2v) is 3.83. The molecule has 2 saturated heterocycles. The van der Waals surface area contributed by atoms with Crippen molar-refractivity contribution in [2.24, 2.45) is 0 Å². The number of amides is 1. The lowest BCUT2D eigenvalue weighted by Crippen LogP contribution is -2.51. The fraction of sp³-hybridized carbons (Fsp3) is 0.700. The predicted octanol–water partition coefficient (Wildman–Crippen LogP) is 0.827. The molecule has 3 heteroatoms. The number of carbonyl (C=O) groups is 1. The molecule has 0 N–H and O–H groups in total. The van der Waals surface area contributed by atoms with Crippen LogP contribution in [0.2, 0.25) is 0 Å². The van der Waals surface area contributed by atoms with Crippen LogP contribution in [0.4, 0.5) is 0 Å². The molecule has 2 heterocycles. The van der Waals surface area contributed by atoms with E-state index in [2.05, 4.69) is 11.0 Å². The minimum atomic E-state index is 0.143. The maximum absolute atomic E-state index is 11.7. The van der Waals surface area contributed by atoms with Crippen LogP contribution in [0.25, 0.3) is 0 Å². The summed E-state index contributed by atoms with van der Waals surface area (Å²) in [7, 11) is 1.89. The van der Waals surface area contributed by atoms with Crippen LogP contribution in [-0.4, -0.2) is 41.9 Å². The summed E-state index contributed by atoms with van der Waals surface area (Å²) in [6, 6.07) is 0.143. The van der Waals surface area contributed by atoms with Crippen molar-refractivity contribution < 1.29 is 4.79 Å². The van der Waals surface area contributed by atoms with Crippen molar-refractivity contribution in [2.45, 2.75) is 25.8 Å². The third-order valence-corrected chi connectivity index (χ3v) is 3.02. The van der Waals surface area contributed by atoms with Gasteiger partial charge in [0.05, 0.1) is 6.54 Å². The van der Waals surface area contributed by atoms with E-state index < -0.39 is 0 Å². The molecule has 3 nitrogen and oxygen atoms in total. The van der Waals surface area contributed by atoms with Crippen LogP contribution < -0.4 is 0 Å². The minimum absolute atomic E-state index is 0.143. The lowest BCUT2D eigenvalue weighted by Gasteiger charge is -2.38. The Bertz CT molecular complexity index is 260. The van der Waals surface area contributed by atoms with Gasteiger partial charge in [-0.25, -0.2) is 0 Å². The zero-order valence-electron chi connectivity index (χ0n) is 8.29. The van der Waals surface area contributed by atoms with E-state index >= 15 is 0 Å². The lowest BCUT2D eigenvalue weighted by molar-refractivity contribution is -0.136. The van der Waals surface area contributed by atoms with E-state index in [9.17, 15) is 4.79 Å². The fourth-order valence-corrected chi connectivity index (χ4v) is 2.29. The molecule has 0 aromatic carbocycles. The summed E-state index contributed by atoms with van der Waals surface area (Å²) >= 11 is 0. The standard InChI is InChI=1S/C10H16N2O/c1-3-8-7-11(2)10(13)9-5-4-6-12(8)9/h3,9H,4-7H2,1-2H3/b8-3-. The molecule has 0 radical (unpaired) electrons. The van der Waals surface area contributed by atoms with Gasteiger partial charge in [-0.3, -0.25) is 4.79 Å². The summed E-state index contributed by atoms with van der Waals surface area (Å²) in [5.74, 6) is 0.295. The number of carbonyl (C=O) groups excluding carboxylic acids is 1. The van der Waals surface area contributed by atoms with Crippen LogP contribution in [0.1, 0.15) is 19.8 Å². The van der Waals surface area contributed by atoms with Gasteiger partial charge in [0.25, 0.3) is 0 Å². The first-order valence-corrected chi connectivity index (χ1v) is 4.91. The minimum Gasteiger partial charge on any atom is -0.362 e. The second kappa shape index (κ2) is 3.05. The fourth-order valence-electron chi connectivity index (χ4n) is 2.29. The number of nitrogens with zero attached hydrogens (tertiary/aromatic N) is 2. The van der Waals surface area contributed by atoms with E-state index in [1.165, 1.54) is 5.70 Å². The highest BCUT2D eigenvalue weighted by Gasteiger charge is 2.37. The van der Waals surface area contributed by atoms with Crippen LogP contribution in [0.15, 0.2) is 11.8 Å². The molecule has 13 heavy (non-hydrogen) atoms. The highest BCUT2D eigenvalue weighted by Crippen LogP contribution is 2.27. The summed E-state index contributed by atoms with van der Waals surface area (Å²) < 4.78 is 0. The van der Waals surface area contributed by atoms with Crippen molar-refractivity contribution in [3.8, 4) is 0 Å². The molecule has 0 aromatic heterocycles. The van der Waals surface area contributed by atoms with Gasteiger partial charge in [0.2, 0.25) is 5.91 Å². The molecule has 72 valence electrons. The molecule has 2 aliphatic rings. The maximum atomic E-state index is 11.7. The van der Waals surface area contributed by atoms with Gasteiger partial charge in [-0.2, -0.15) is 0 Å². The smallest absolute Gasteiger partial charge is 0.245 e. The second-order valence-electron chi connectivity index (χ2n) is 3.83. The normalized spacial score (nSPS) is 31.4. The highest BCUT2D eigenvalue weighted by molar-refractivity contribution is 5.83. The number of hydrogen-bond donors (Lipinski definition) is 0. The average Bonchev–Trinajstić information content (AvgIpc) is 2.60. The molecule has 0 aliphatic carbocycles. The van der Waals surface area contributed by atoms with Crippen molar-refractivity contribution in [1.29, 1.82) is 0 Å². The summed E-state index contributed by atoms with van der Waals surface area (Å²) in [6.07, 6.45) is 4.31. The van der Waals surface area contributed by atoms with Gasteiger partial charge in [-0.15, -0.1) is 0 Å². The van der Waals surface area contributed by atoms with Gasteiger partial charge in [-0.1, -0.05) is 6.08 Å². The summed E-state index contributed by atoms with van der Waals surface area (Å²) in [4.78, 5) is 15.8. The van der Waals surface area contributed by atoms with Crippen molar-refractivity contribution in [1.82, 2.24) is 9.80 Å². The van der Waals surface area contributed by atoms with Crippen LogP contribution in [0.3, 0.4) is 0 Å². The first-order valence-electron chi connectivity index (χ1n) is 4.91. The van der Waals surface area contributed by atoms with E-state index in [-0.39, 0.29) is 6.04 Å². The number of fused-ring (bicyclic) bond motifs is 1. The Kier molecular flexibility index (Phi) is 2.02. The van der Waals surface area contributed by atoms with Crippen LogP contribution in [0.5, 0.6) is 0 Å². The van der Waals surface area contributed by atoms with Gasteiger partial charge in [0, 0.05) is 19.3 Å². The lowest BCUT2D eigenvalue weighted by atomic mass is 10.1. The maximum Gasteiger partial charge on any atom is 0.245 e. The first kappa shape index (κ1) is 8.60.